The average Bonchev–Trinajstić information content (AvgIpc) is 3.44. The Hall–Kier alpha value is -4.01. The molecule has 1 unspecified atom stereocenters. The van der Waals surface area contributed by atoms with Crippen LogP contribution in [-0.2, 0) is 6.54 Å². The number of phenols is 1. The number of aromatic hydroxyl groups is 1. The number of benzene rings is 2. The van der Waals surface area contributed by atoms with Crippen molar-refractivity contribution in [1.82, 2.24) is 35.5 Å². The van der Waals surface area contributed by atoms with Crippen molar-refractivity contribution in [3.05, 3.63) is 77.4 Å². The molecule has 1 aliphatic rings. The van der Waals surface area contributed by atoms with Gasteiger partial charge in [-0.15, -0.1) is 10.2 Å². The highest BCUT2D eigenvalue weighted by molar-refractivity contribution is 6.00. The number of tetrazole rings is 1. The predicted octanol–water partition coefficient (Wildman–Crippen LogP) is 2.08. The summed E-state index contributed by atoms with van der Waals surface area (Å²) in [6.45, 7) is 0.866. The van der Waals surface area contributed by atoms with E-state index in [0.29, 0.717) is 30.0 Å². The maximum absolute atomic E-state index is 13.4. The third kappa shape index (κ3) is 3.02. The zero-order valence-corrected chi connectivity index (χ0v) is 15.3. The number of aromatic nitrogens is 6. The van der Waals surface area contributed by atoms with Gasteiger partial charge in [0.1, 0.15) is 5.75 Å². The highest BCUT2D eigenvalue weighted by Gasteiger charge is 2.33. The molecule has 0 aliphatic carbocycles. The van der Waals surface area contributed by atoms with Crippen LogP contribution in [-0.4, -0.2) is 53.1 Å². The summed E-state index contributed by atoms with van der Waals surface area (Å²) in [5.41, 5.74) is 3.81. The van der Waals surface area contributed by atoms with Gasteiger partial charge < -0.3 is 15.0 Å². The summed E-state index contributed by atoms with van der Waals surface area (Å²) in [6, 6.07) is 14.3. The number of aromatic amines is 2. The molecule has 0 bridgehead atoms. The van der Waals surface area contributed by atoms with Gasteiger partial charge >= 0.3 is 0 Å². The first-order chi connectivity index (χ1) is 14.2. The molecule has 29 heavy (non-hydrogen) atoms. The topological polar surface area (TPSA) is 124 Å². The Morgan fingerprint density at radius 1 is 1.17 bits per heavy atom. The Balaban J connectivity index is 1.52. The molecular weight excluding hydrogens is 370 g/mol. The number of amides is 1. The summed E-state index contributed by atoms with van der Waals surface area (Å²) >= 11 is 0. The van der Waals surface area contributed by atoms with Gasteiger partial charge in [0.25, 0.3) is 5.91 Å². The van der Waals surface area contributed by atoms with Crippen LogP contribution in [0.1, 0.15) is 33.2 Å². The van der Waals surface area contributed by atoms with Crippen molar-refractivity contribution >= 4 is 5.91 Å². The largest absolute Gasteiger partial charge is 0.508 e. The Labute approximate surface area is 165 Å². The van der Waals surface area contributed by atoms with Gasteiger partial charge in [0.05, 0.1) is 29.8 Å². The molecule has 2 aromatic carbocycles. The number of imidazole rings is 1. The Bertz CT molecular complexity index is 1170. The highest BCUT2D eigenvalue weighted by Crippen LogP contribution is 2.34. The number of H-pyrrole nitrogens is 2. The van der Waals surface area contributed by atoms with Crippen LogP contribution in [0.3, 0.4) is 0 Å². The molecule has 9 heteroatoms. The highest BCUT2D eigenvalue weighted by atomic mass is 16.3. The van der Waals surface area contributed by atoms with E-state index in [0.717, 1.165) is 17.0 Å². The Morgan fingerprint density at radius 2 is 2.07 bits per heavy atom. The fourth-order valence-electron chi connectivity index (χ4n) is 3.79. The molecule has 0 saturated carbocycles. The molecule has 0 radical (unpaired) electrons. The molecule has 144 valence electrons. The fourth-order valence-corrected chi connectivity index (χ4v) is 3.79. The van der Waals surface area contributed by atoms with Crippen molar-refractivity contribution in [2.24, 2.45) is 0 Å². The van der Waals surface area contributed by atoms with Crippen LogP contribution in [0.2, 0.25) is 0 Å². The standard InChI is InChI=1S/C20H17N7O2/c28-13-5-3-4-12(8-13)16-9-27(10-17-18(16)22-11-21-17)20(29)15-7-2-1-6-14(15)19-23-25-26-24-19/h1-8,11,16,28H,9-10H2,(H,21,22)(H,23,24,25,26). The van der Waals surface area contributed by atoms with Crippen LogP contribution >= 0.6 is 0 Å². The van der Waals surface area contributed by atoms with Gasteiger partial charge in [-0.1, -0.05) is 30.3 Å². The lowest BCUT2D eigenvalue weighted by Crippen LogP contribution is -2.39. The van der Waals surface area contributed by atoms with Gasteiger partial charge in [0, 0.05) is 18.0 Å². The molecule has 5 rings (SSSR count). The summed E-state index contributed by atoms with van der Waals surface area (Å²) in [4.78, 5) is 22.8. The minimum Gasteiger partial charge on any atom is -0.508 e. The summed E-state index contributed by atoms with van der Waals surface area (Å²) in [7, 11) is 0. The second-order valence-electron chi connectivity index (χ2n) is 6.88. The maximum atomic E-state index is 13.4. The van der Waals surface area contributed by atoms with Crippen LogP contribution in [0.5, 0.6) is 5.75 Å². The quantitative estimate of drug-likeness (QED) is 0.494. The number of rotatable bonds is 3. The minimum absolute atomic E-state index is 0.129. The van der Waals surface area contributed by atoms with Gasteiger partial charge in [0.15, 0.2) is 0 Å². The van der Waals surface area contributed by atoms with Gasteiger partial charge in [0.2, 0.25) is 5.82 Å². The van der Waals surface area contributed by atoms with Gasteiger partial charge in [-0.25, -0.2) is 4.98 Å². The molecule has 4 aromatic rings. The number of nitrogens with zero attached hydrogens (tertiary/aromatic N) is 5. The SMILES string of the molecule is O=C(c1ccccc1-c1nn[nH]n1)N1Cc2[nH]cnc2C(c2cccc(O)c2)C1. The minimum atomic E-state index is -0.140. The van der Waals surface area contributed by atoms with Gasteiger partial charge in [-0.05, 0) is 29.0 Å². The number of nitrogens with one attached hydrogen (secondary N) is 2. The van der Waals surface area contributed by atoms with Crippen LogP contribution < -0.4 is 0 Å². The lowest BCUT2D eigenvalue weighted by Gasteiger charge is -2.32. The molecule has 2 aromatic heterocycles. The third-order valence-electron chi connectivity index (χ3n) is 5.14. The molecule has 9 nitrogen and oxygen atoms in total. The normalized spacial score (nSPS) is 15.9. The molecule has 1 atom stereocenters. The monoisotopic (exact) mass is 387 g/mol. The van der Waals surface area contributed by atoms with E-state index >= 15 is 0 Å². The second kappa shape index (κ2) is 6.86. The van der Waals surface area contributed by atoms with Gasteiger partial charge in [-0.2, -0.15) is 5.21 Å². The Morgan fingerprint density at radius 3 is 2.90 bits per heavy atom. The van der Waals surface area contributed by atoms with Crippen molar-refractivity contribution in [3.63, 3.8) is 0 Å². The lowest BCUT2D eigenvalue weighted by atomic mass is 9.90. The number of carbonyl (C=O) groups is 1. The molecule has 0 fully saturated rings. The molecular formula is C20H17N7O2. The lowest BCUT2D eigenvalue weighted by molar-refractivity contribution is 0.0722. The number of hydrogen-bond acceptors (Lipinski definition) is 6. The van der Waals surface area contributed by atoms with Crippen molar-refractivity contribution in [1.29, 1.82) is 0 Å². The third-order valence-corrected chi connectivity index (χ3v) is 5.14. The first-order valence-corrected chi connectivity index (χ1v) is 9.14. The fraction of sp³-hybridized carbons (Fsp3) is 0.150. The van der Waals surface area contributed by atoms with E-state index in [1.54, 1.807) is 41.6 Å². The molecule has 0 spiro atoms. The van der Waals surface area contributed by atoms with Crippen molar-refractivity contribution in [2.45, 2.75) is 12.5 Å². The summed E-state index contributed by atoms with van der Waals surface area (Å²) in [5.74, 6) is 0.289. The zero-order valence-electron chi connectivity index (χ0n) is 15.3. The van der Waals surface area contributed by atoms with Crippen LogP contribution in [0.25, 0.3) is 11.4 Å². The molecule has 1 amide bonds. The van der Waals surface area contributed by atoms with Crippen molar-refractivity contribution < 1.29 is 9.90 Å². The second-order valence-corrected chi connectivity index (χ2v) is 6.88. The summed E-state index contributed by atoms with van der Waals surface area (Å²) in [6.07, 6.45) is 1.64. The van der Waals surface area contributed by atoms with E-state index in [1.807, 2.05) is 18.2 Å². The van der Waals surface area contributed by atoms with Crippen LogP contribution in [0.15, 0.2) is 54.9 Å². The first-order valence-electron chi connectivity index (χ1n) is 9.14. The van der Waals surface area contributed by atoms with E-state index in [1.165, 1.54) is 0 Å². The number of hydrogen-bond donors (Lipinski definition) is 3. The average molecular weight is 387 g/mol. The van der Waals surface area contributed by atoms with Crippen LogP contribution in [0, 0.1) is 0 Å². The zero-order chi connectivity index (χ0) is 19.8. The van der Waals surface area contributed by atoms with E-state index in [4.69, 9.17) is 0 Å². The maximum Gasteiger partial charge on any atom is 0.254 e. The summed E-state index contributed by atoms with van der Waals surface area (Å²) < 4.78 is 0. The predicted molar refractivity (Wildman–Crippen MR) is 103 cm³/mol. The van der Waals surface area contributed by atoms with E-state index in [2.05, 4.69) is 30.6 Å². The van der Waals surface area contributed by atoms with Crippen molar-refractivity contribution in [3.8, 4) is 17.1 Å². The van der Waals surface area contributed by atoms with Crippen molar-refractivity contribution in [2.75, 3.05) is 6.54 Å². The number of fused-ring (bicyclic) bond motifs is 1. The van der Waals surface area contributed by atoms with E-state index < -0.39 is 0 Å². The van der Waals surface area contributed by atoms with E-state index in [-0.39, 0.29) is 17.6 Å². The van der Waals surface area contributed by atoms with Gasteiger partial charge in [-0.3, -0.25) is 4.79 Å². The molecule has 3 N–H and O–H groups in total. The first kappa shape index (κ1) is 17.1. The molecule has 3 heterocycles. The number of carbonyl (C=O) groups excluding carboxylic acids is 1. The summed E-state index contributed by atoms with van der Waals surface area (Å²) in [5, 5.41) is 24.0. The smallest absolute Gasteiger partial charge is 0.254 e. The Kier molecular flexibility index (Phi) is 4.05. The number of phenolic OH excluding ortho intramolecular Hbond substituents is 1. The van der Waals surface area contributed by atoms with E-state index in [9.17, 15) is 9.90 Å². The van der Waals surface area contributed by atoms with Crippen LogP contribution in [0.4, 0.5) is 0 Å². The molecule has 0 saturated heterocycles. The molecule has 1 aliphatic heterocycles.